The Morgan fingerprint density at radius 2 is 1.97 bits per heavy atom. The summed E-state index contributed by atoms with van der Waals surface area (Å²) >= 11 is 0. The largest absolute Gasteiger partial charge is 0.321 e. The molecule has 3 aromatic heterocycles. The van der Waals surface area contributed by atoms with Gasteiger partial charge in [-0.2, -0.15) is 0 Å². The van der Waals surface area contributed by atoms with Gasteiger partial charge in [-0.25, -0.2) is 4.68 Å². The van der Waals surface area contributed by atoms with Crippen LogP contribution in [0, 0.1) is 6.92 Å². The molecule has 0 aliphatic heterocycles. The number of benzene rings is 1. The Kier molecular flexibility index (Phi) is 7.40. The van der Waals surface area contributed by atoms with Crippen LogP contribution in [0.25, 0.3) is 10.9 Å². The van der Waals surface area contributed by atoms with Crippen LogP contribution in [0.15, 0.2) is 53.6 Å². The van der Waals surface area contributed by atoms with Gasteiger partial charge in [0.05, 0.1) is 17.1 Å². The van der Waals surface area contributed by atoms with Crippen molar-refractivity contribution in [1.29, 1.82) is 0 Å². The predicted octanol–water partition coefficient (Wildman–Crippen LogP) is 4.91. The third-order valence-corrected chi connectivity index (χ3v) is 6.88. The number of pyridine rings is 2. The molecule has 8 nitrogen and oxygen atoms in total. The number of nitrogens with one attached hydrogen (secondary N) is 1. The molecular weight excluding hydrogens is 438 g/mol. The molecule has 1 N–H and O–H groups in total. The Labute approximate surface area is 206 Å². The van der Waals surface area contributed by atoms with Crippen LogP contribution in [0.2, 0.25) is 0 Å². The molecule has 0 saturated carbocycles. The van der Waals surface area contributed by atoms with Crippen LogP contribution < -0.4 is 5.56 Å². The Morgan fingerprint density at radius 1 is 1.14 bits per heavy atom. The summed E-state index contributed by atoms with van der Waals surface area (Å²) < 4.78 is 1.96. The number of hydrogen-bond acceptors (Lipinski definition) is 6. The van der Waals surface area contributed by atoms with Crippen LogP contribution in [0.4, 0.5) is 0 Å². The molecule has 0 unspecified atom stereocenters. The summed E-state index contributed by atoms with van der Waals surface area (Å²) in [6.07, 6.45) is 6.38. The summed E-state index contributed by atoms with van der Waals surface area (Å²) in [6, 6.07) is 12.0. The summed E-state index contributed by atoms with van der Waals surface area (Å²) in [7, 11) is 0. The molecule has 0 radical (unpaired) electrons. The van der Waals surface area contributed by atoms with Gasteiger partial charge >= 0.3 is 0 Å². The summed E-state index contributed by atoms with van der Waals surface area (Å²) in [5, 5.41) is 14.0. The van der Waals surface area contributed by atoms with Crippen molar-refractivity contribution in [3.05, 3.63) is 81.7 Å². The highest BCUT2D eigenvalue weighted by Gasteiger charge is 2.31. The van der Waals surface area contributed by atoms with Gasteiger partial charge in [-0.3, -0.25) is 14.7 Å². The number of aromatic nitrogens is 6. The van der Waals surface area contributed by atoms with Crippen molar-refractivity contribution in [3.63, 3.8) is 0 Å². The number of H-pyrrole nitrogens is 1. The van der Waals surface area contributed by atoms with E-state index in [4.69, 9.17) is 0 Å². The molecule has 35 heavy (non-hydrogen) atoms. The topological polar surface area (TPSA) is 92.6 Å². The molecule has 0 amide bonds. The van der Waals surface area contributed by atoms with Crippen molar-refractivity contribution in [2.24, 2.45) is 0 Å². The van der Waals surface area contributed by atoms with Crippen LogP contribution in [-0.2, 0) is 18.6 Å². The summed E-state index contributed by atoms with van der Waals surface area (Å²) in [5.74, 6) is 0.829. The van der Waals surface area contributed by atoms with E-state index in [1.165, 1.54) is 0 Å². The Morgan fingerprint density at radius 3 is 2.69 bits per heavy atom. The van der Waals surface area contributed by atoms with Crippen molar-refractivity contribution >= 4 is 10.9 Å². The van der Waals surface area contributed by atoms with Gasteiger partial charge in [0.1, 0.15) is 0 Å². The molecule has 0 aliphatic carbocycles. The van der Waals surface area contributed by atoms with Gasteiger partial charge in [0, 0.05) is 31.0 Å². The lowest BCUT2D eigenvalue weighted by molar-refractivity contribution is 0.145. The molecule has 0 saturated heterocycles. The van der Waals surface area contributed by atoms with E-state index in [1.54, 1.807) is 6.20 Å². The lowest BCUT2D eigenvalue weighted by atomic mass is 10.0. The van der Waals surface area contributed by atoms with E-state index in [0.717, 1.165) is 52.7 Å². The SMILES string of the molecule is CCC[C@@H](c1nnnn1C(C)(C)CC)N(Cc1cccnc1)Cc1cc2cccc(C)c2[nH]c1=O. The minimum Gasteiger partial charge on any atom is -0.321 e. The second kappa shape index (κ2) is 10.5. The summed E-state index contributed by atoms with van der Waals surface area (Å²) in [4.78, 5) is 22.9. The summed E-state index contributed by atoms with van der Waals surface area (Å²) in [6.45, 7) is 11.7. The van der Waals surface area contributed by atoms with E-state index in [0.29, 0.717) is 13.1 Å². The molecular formula is C27H35N7O. The molecule has 0 aliphatic rings. The molecule has 1 atom stereocenters. The molecule has 4 rings (SSSR count). The molecule has 4 aromatic rings. The third kappa shape index (κ3) is 5.32. The monoisotopic (exact) mass is 473 g/mol. The van der Waals surface area contributed by atoms with E-state index in [-0.39, 0.29) is 17.1 Å². The van der Waals surface area contributed by atoms with E-state index in [1.807, 2.05) is 48.1 Å². The first-order valence-corrected chi connectivity index (χ1v) is 12.4. The van der Waals surface area contributed by atoms with E-state index in [9.17, 15) is 4.79 Å². The molecule has 0 bridgehead atoms. The number of para-hydroxylation sites is 1. The maximum Gasteiger partial charge on any atom is 0.252 e. The Balaban J connectivity index is 1.79. The van der Waals surface area contributed by atoms with Crippen LogP contribution in [0.1, 0.15) is 75.5 Å². The van der Waals surface area contributed by atoms with Gasteiger partial charge in [-0.05, 0) is 72.7 Å². The van der Waals surface area contributed by atoms with Gasteiger partial charge in [-0.15, -0.1) is 5.10 Å². The first kappa shape index (κ1) is 24.7. The van der Waals surface area contributed by atoms with Crippen molar-refractivity contribution in [2.45, 2.75) is 78.6 Å². The molecule has 1 aromatic carbocycles. The number of aryl methyl sites for hydroxylation is 1. The lowest BCUT2D eigenvalue weighted by Crippen LogP contribution is -2.36. The fourth-order valence-electron chi connectivity index (χ4n) is 4.50. The van der Waals surface area contributed by atoms with Crippen molar-refractivity contribution in [3.8, 4) is 0 Å². The number of hydrogen-bond donors (Lipinski definition) is 1. The standard InChI is InChI=1S/C27H35N7O/c1-6-10-23(25-30-31-32-34(25)27(4,5)7-2)33(17-20-12-9-14-28-16-20)18-22-15-21-13-8-11-19(3)24(21)29-26(22)35/h8-9,11-16,23H,6-7,10,17-18H2,1-5H3,(H,29,35)/t23-/m0/s1. The van der Waals surface area contributed by atoms with Crippen LogP contribution >= 0.6 is 0 Å². The Bertz CT molecular complexity index is 1330. The zero-order valence-electron chi connectivity index (χ0n) is 21.3. The highest BCUT2D eigenvalue weighted by atomic mass is 16.1. The minimum atomic E-state index is -0.219. The lowest BCUT2D eigenvalue weighted by Gasteiger charge is -2.33. The van der Waals surface area contributed by atoms with Crippen LogP contribution in [0.5, 0.6) is 0 Å². The Hall–Kier alpha value is -3.39. The van der Waals surface area contributed by atoms with Crippen molar-refractivity contribution in [2.75, 3.05) is 0 Å². The highest BCUT2D eigenvalue weighted by Crippen LogP contribution is 2.31. The average Bonchev–Trinajstić information content (AvgIpc) is 3.34. The second-order valence-electron chi connectivity index (χ2n) is 9.85. The predicted molar refractivity (Wildman–Crippen MR) is 138 cm³/mol. The summed E-state index contributed by atoms with van der Waals surface area (Å²) in [5.41, 5.74) is 3.47. The molecule has 184 valence electrons. The first-order valence-electron chi connectivity index (χ1n) is 12.4. The maximum absolute atomic E-state index is 13.2. The number of nitrogens with zero attached hydrogens (tertiary/aromatic N) is 6. The fraction of sp³-hybridized carbons (Fsp3) is 0.444. The van der Waals surface area contributed by atoms with Gasteiger partial charge in [0.25, 0.3) is 5.56 Å². The van der Waals surface area contributed by atoms with Crippen LogP contribution in [0.3, 0.4) is 0 Å². The number of rotatable bonds is 10. The molecule has 0 fully saturated rings. The zero-order chi connectivity index (χ0) is 25.0. The maximum atomic E-state index is 13.2. The number of aromatic amines is 1. The highest BCUT2D eigenvalue weighted by molar-refractivity contribution is 5.81. The van der Waals surface area contributed by atoms with E-state index in [2.05, 4.69) is 64.2 Å². The fourth-order valence-corrected chi connectivity index (χ4v) is 4.50. The van der Waals surface area contributed by atoms with Gasteiger partial charge in [-0.1, -0.05) is 44.5 Å². The van der Waals surface area contributed by atoms with E-state index >= 15 is 0 Å². The smallest absolute Gasteiger partial charge is 0.252 e. The average molecular weight is 474 g/mol. The normalized spacial score (nSPS) is 13.0. The van der Waals surface area contributed by atoms with Gasteiger partial charge < -0.3 is 4.98 Å². The van der Waals surface area contributed by atoms with Crippen molar-refractivity contribution < 1.29 is 0 Å². The quantitative estimate of drug-likeness (QED) is 0.352. The van der Waals surface area contributed by atoms with Crippen LogP contribution in [-0.4, -0.2) is 35.1 Å². The van der Waals surface area contributed by atoms with Crippen molar-refractivity contribution in [1.82, 2.24) is 35.1 Å². The number of tetrazole rings is 1. The molecule has 3 heterocycles. The second-order valence-corrected chi connectivity index (χ2v) is 9.85. The minimum absolute atomic E-state index is 0.0614. The van der Waals surface area contributed by atoms with E-state index < -0.39 is 0 Å². The van der Waals surface area contributed by atoms with Gasteiger partial charge in [0.15, 0.2) is 5.82 Å². The third-order valence-electron chi connectivity index (χ3n) is 6.88. The number of fused-ring (bicyclic) bond motifs is 1. The zero-order valence-corrected chi connectivity index (χ0v) is 21.3. The first-order chi connectivity index (χ1) is 16.8. The molecule has 8 heteroatoms. The molecule has 0 spiro atoms. The van der Waals surface area contributed by atoms with Gasteiger partial charge in [0.2, 0.25) is 0 Å².